The maximum absolute atomic E-state index is 12.5. The monoisotopic (exact) mass is 448 g/mol. The fourth-order valence-electron chi connectivity index (χ4n) is 2.42. The number of hydrogen-bond donors (Lipinski definition) is 6. The van der Waals surface area contributed by atoms with Gasteiger partial charge in [-0.3, -0.25) is 19.2 Å². The summed E-state index contributed by atoms with van der Waals surface area (Å²) in [6, 6.07) is -3.11. The van der Waals surface area contributed by atoms with Gasteiger partial charge < -0.3 is 31.9 Å². The normalized spacial score (nSPS) is 13.8. The van der Waals surface area contributed by atoms with Gasteiger partial charge in [-0.25, -0.2) is 4.79 Å². The topological polar surface area (TPSA) is 188 Å². The predicted octanol–water partition coefficient (Wildman–Crippen LogP) is -0.852. The van der Waals surface area contributed by atoms with Crippen molar-refractivity contribution in [2.75, 3.05) is 18.6 Å². The third-order valence-corrected chi connectivity index (χ3v) is 4.66. The standard InChI is InChI=1S/C18H32N4O7S/c1-10(2)8-13(18(28)29)22-17(27)12(6-7-30-3)21-14(23)9-20-16(26)11(19)4-5-15(24)25/h10-13H,4-9,19H2,1-3H3,(H,20,26)(H,21,23)(H,22,27)(H,24,25)(H,28,29). The Balaban J connectivity index is 4.80. The first-order valence-corrected chi connectivity index (χ1v) is 10.9. The lowest BCUT2D eigenvalue weighted by atomic mass is 10.0. The Kier molecular flexibility index (Phi) is 13.5. The number of carboxylic acid groups (broad SMARTS) is 2. The first-order valence-electron chi connectivity index (χ1n) is 9.54. The molecule has 0 bridgehead atoms. The zero-order chi connectivity index (χ0) is 23.3. The smallest absolute Gasteiger partial charge is 0.326 e. The van der Waals surface area contributed by atoms with Crippen molar-refractivity contribution < 1.29 is 34.2 Å². The lowest BCUT2D eigenvalue weighted by Gasteiger charge is -2.22. The highest BCUT2D eigenvalue weighted by atomic mass is 32.2. The van der Waals surface area contributed by atoms with Crippen LogP contribution in [0.25, 0.3) is 0 Å². The van der Waals surface area contributed by atoms with Gasteiger partial charge in [0.15, 0.2) is 0 Å². The second-order valence-electron chi connectivity index (χ2n) is 7.19. The van der Waals surface area contributed by atoms with Gasteiger partial charge in [-0.2, -0.15) is 11.8 Å². The van der Waals surface area contributed by atoms with Gasteiger partial charge in [0.25, 0.3) is 0 Å². The number of amides is 3. The number of hydrogen-bond acceptors (Lipinski definition) is 7. The van der Waals surface area contributed by atoms with Crippen LogP contribution in [0, 0.1) is 5.92 Å². The second kappa shape index (κ2) is 14.6. The van der Waals surface area contributed by atoms with Crippen molar-refractivity contribution in [3.05, 3.63) is 0 Å². The Labute approximate surface area is 179 Å². The molecule has 0 aliphatic rings. The Morgan fingerprint density at radius 2 is 1.60 bits per heavy atom. The molecule has 0 spiro atoms. The maximum Gasteiger partial charge on any atom is 0.326 e. The highest BCUT2D eigenvalue weighted by Crippen LogP contribution is 2.07. The van der Waals surface area contributed by atoms with Crippen LogP contribution in [0.4, 0.5) is 0 Å². The third-order valence-electron chi connectivity index (χ3n) is 4.01. The molecule has 0 saturated carbocycles. The molecule has 12 heteroatoms. The fourth-order valence-corrected chi connectivity index (χ4v) is 2.90. The van der Waals surface area contributed by atoms with Crippen molar-refractivity contribution in [3.63, 3.8) is 0 Å². The largest absolute Gasteiger partial charge is 0.481 e. The van der Waals surface area contributed by atoms with Crippen LogP contribution in [0.5, 0.6) is 0 Å². The molecule has 0 fully saturated rings. The van der Waals surface area contributed by atoms with E-state index >= 15 is 0 Å². The first kappa shape index (κ1) is 27.7. The fraction of sp³-hybridized carbons (Fsp3) is 0.722. The number of rotatable bonds is 15. The molecule has 0 saturated heterocycles. The van der Waals surface area contributed by atoms with Crippen molar-refractivity contribution >= 4 is 41.4 Å². The summed E-state index contributed by atoms with van der Waals surface area (Å²) < 4.78 is 0. The highest BCUT2D eigenvalue weighted by Gasteiger charge is 2.27. The van der Waals surface area contributed by atoms with Crippen molar-refractivity contribution in [2.45, 2.75) is 57.7 Å². The molecule has 172 valence electrons. The third kappa shape index (κ3) is 12.3. The lowest BCUT2D eigenvalue weighted by molar-refractivity contribution is -0.142. The van der Waals surface area contributed by atoms with Crippen LogP contribution in [0.15, 0.2) is 0 Å². The molecule has 3 amide bonds. The average Bonchev–Trinajstić information content (AvgIpc) is 2.66. The zero-order valence-corrected chi connectivity index (χ0v) is 18.3. The van der Waals surface area contributed by atoms with Gasteiger partial charge in [-0.1, -0.05) is 13.8 Å². The Morgan fingerprint density at radius 1 is 0.967 bits per heavy atom. The number of nitrogens with two attached hydrogens (primary N) is 1. The molecule has 3 unspecified atom stereocenters. The molecular formula is C18H32N4O7S. The summed E-state index contributed by atoms with van der Waals surface area (Å²) in [5.74, 6) is -3.59. The van der Waals surface area contributed by atoms with Crippen molar-refractivity contribution in [1.82, 2.24) is 16.0 Å². The molecule has 0 rings (SSSR count). The number of aliphatic carboxylic acids is 2. The van der Waals surface area contributed by atoms with Crippen molar-refractivity contribution in [2.24, 2.45) is 11.7 Å². The molecule has 0 aromatic carbocycles. The number of nitrogens with one attached hydrogen (secondary N) is 3. The van der Waals surface area contributed by atoms with Crippen molar-refractivity contribution in [1.29, 1.82) is 0 Å². The summed E-state index contributed by atoms with van der Waals surface area (Å²) in [5.41, 5.74) is 5.56. The lowest BCUT2D eigenvalue weighted by Crippen LogP contribution is -2.54. The van der Waals surface area contributed by atoms with E-state index in [-0.39, 0.29) is 31.6 Å². The van der Waals surface area contributed by atoms with Gasteiger partial charge in [0.2, 0.25) is 17.7 Å². The van der Waals surface area contributed by atoms with Crippen LogP contribution in [-0.4, -0.2) is 76.6 Å². The van der Waals surface area contributed by atoms with Crippen LogP contribution < -0.4 is 21.7 Å². The van der Waals surface area contributed by atoms with Crippen LogP contribution in [0.1, 0.15) is 39.5 Å². The number of carbonyl (C=O) groups is 5. The molecule has 30 heavy (non-hydrogen) atoms. The van der Waals surface area contributed by atoms with E-state index in [0.717, 1.165) is 0 Å². The van der Waals surface area contributed by atoms with Gasteiger partial charge in [0, 0.05) is 6.42 Å². The minimum absolute atomic E-state index is 0.0474. The molecule has 0 aromatic rings. The number of carboxylic acids is 2. The van der Waals surface area contributed by atoms with E-state index in [2.05, 4.69) is 16.0 Å². The molecule has 0 radical (unpaired) electrons. The minimum Gasteiger partial charge on any atom is -0.481 e. The quantitative estimate of drug-likeness (QED) is 0.185. The Morgan fingerprint density at radius 3 is 2.10 bits per heavy atom. The maximum atomic E-state index is 12.5. The van der Waals surface area contributed by atoms with Gasteiger partial charge >= 0.3 is 11.9 Å². The van der Waals surface area contributed by atoms with E-state index in [1.807, 2.05) is 20.1 Å². The van der Waals surface area contributed by atoms with Gasteiger partial charge in [-0.05, 0) is 37.2 Å². The number of thioether (sulfide) groups is 1. The predicted molar refractivity (Wildman–Crippen MR) is 112 cm³/mol. The number of carbonyl (C=O) groups excluding carboxylic acids is 3. The zero-order valence-electron chi connectivity index (χ0n) is 17.5. The van der Waals surface area contributed by atoms with Crippen LogP contribution >= 0.6 is 11.8 Å². The summed E-state index contributed by atoms with van der Waals surface area (Å²) in [7, 11) is 0. The van der Waals surface area contributed by atoms with Crippen molar-refractivity contribution in [3.8, 4) is 0 Å². The highest BCUT2D eigenvalue weighted by molar-refractivity contribution is 7.98. The van der Waals surface area contributed by atoms with E-state index < -0.39 is 54.3 Å². The molecule has 11 nitrogen and oxygen atoms in total. The first-order chi connectivity index (χ1) is 14.0. The van der Waals surface area contributed by atoms with E-state index in [1.54, 1.807) is 0 Å². The summed E-state index contributed by atoms with van der Waals surface area (Å²) in [5, 5.41) is 25.1. The van der Waals surface area contributed by atoms with Gasteiger partial charge in [-0.15, -0.1) is 0 Å². The Hall–Kier alpha value is -2.34. The van der Waals surface area contributed by atoms with Crippen LogP contribution in [-0.2, 0) is 24.0 Å². The summed E-state index contributed by atoms with van der Waals surface area (Å²) >= 11 is 1.46. The van der Waals surface area contributed by atoms with E-state index in [1.165, 1.54) is 11.8 Å². The van der Waals surface area contributed by atoms with Crippen LogP contribution in [0.3, 0.4) is 0 Å². The molecule has 0 aliphatic carbocycles. The van der Waals surface area contributed by atoms with E-state index in [4.69, 9.17) is 10.8 Å². The second-order valence-corrected chi connectivity index (χ2v) is 8.17. The molecule has 0 aliphatic heterocycles. The SMILES string of the molecule is CSCCC(NC(=O)CNC(=O)C(N)CCC(=O)O)C(=O)NC(CC(C)C)C(=O)O. The molecule has 0 aromatic heterocycles. The van der Waals surface area contributed by atoms with Gasteiger partial charge in [0.05, 0.1) is 12.6 Å². The summed E-state index contributed by atoms with van der Waals surface area (Å²) in [6.45, 7) is 3.22. The van der Waals surface area contributed by atoms with Gasteiger partial charge in [0.1, 0.15) is 12.1 Å². The Bertz CT molecular complexity index is 615. The molecule has 0 heterocycles. The van der Waals surface area contributed by atoms with E-state index in [9.17, 15) is 29.1 Å². The van der Waals surface area contributed by atoms with Crippen LogP contribution in [0.2, 0.25) is 0 Å². The molecule has 7 N–H and O–H groups in total. The summed E-state index contributed by atoms with van der Waals surface area (Å²) in [4.78, 5) is 58.4. The van der Waals surface area contributed by atoms with E-state index in [0.29, 0.717) is 5.75 Å². The minimum atomic E-state index is -1.16. The molecular weight excluding hydrogens is 416 g/mol. The summed E-state index contributed by atoms with van der Waals surface area (Å²) in [6.07, 6.45) is 1.99. The average molecular weight is 449 g/mol. The molecule has 3 atom stereocenters.